The predicted molar refractivity (Wildman–Crippen MR) is 82.2 cm³/mol. The second-order valence-electron chi connectivity index (χ2n) is 4.81. The molecule has 3 rings (SSSR count). The summed E-state index contributed by atoms with van der Waals surface area (Å²) < 4.78 is 10.7. The van der Waals surface area contributed by atoms with Crippen molar-refractivity contribution in [1.82, 2.24) is 23.9 Å². The number of imidazole rings is 1. The van der Waals surface area contributed by atoms with Gasteiger partial charge in [-0.2, -0.15) is 4.37 Å². The van der Waals surface area contributed by atoms with Crippen LogP contribution >= 0.6 is 11.5 Å². The Morgan fingerprint density at radius 1 is 1.36 bits per heavy atom. The van der Waals surface area contributed by atoms with Crippen molar-refractivity contribution in [2.24, 2.45) is 0 Å². The van der Waals surface area contributed by atoms with Gasteiger partial charge in [-0.05, 0) is 11.5 Å². The zero-order valence-corrected chi connectivity index (χ0v) is 13.2. The van der Waals surface area contributed by atoms with Gasteiger partial charge in [0.1, 0.15) is 11.2 Å². The smallest absolute Gasteiger partial charge is 0.350 e. The summed E-state index contributed by atoms with van der Waals surface area (Å²) in [6.07, 6.45) is 4.85. The zero-order valence-electron chi connectivity index (χ0n) is 12.3. The van der Waals surface area contributed by atoms with Gasteiger partial charge in [0.15, 0.2) is 17.0 Å². The average molecular weight is 318 g/mol. The SMILES string of the molecule is COC(=O)c1sncc1Cn1cnc2c(N(C)C)ncnc21. The van der Waals surface area contributed by atoms with Crippen LogP contribution in [-0.2, 0) is 11.3 Å². The first-order valence-electron chi connectivity index (χ1n) is 6.47. The van der Waals surface area contributed by atoms with Crippen LogP contribution in [0.15, 0.2) is 18.9 Å². The minimum Gasteiger partial charge on any atom is -0.465 e. The van der Waals surface area contributed by atoms with E-state index in [9.17, 15) is 4.79 Å². The fourth-order valence-corrected chi connectivity index (χ4v) is 2.81. The van der Waals surface area contributed by atoms with Gasteiger partial charge in [-0.15, -0.1) is 0 Å². The largest absolute Gasteiger partial charge is 0.465 e. The molecule has 3 heterocycles. The van der Waals surface area contributed by atoms with Crippen LogP contribution in [0.1, 0.15) is 15.2 Å². The molecule has 0 bridgehead atoms. The number of hydrogen-bond donors (Lipinski definition) is 0. The molecule has 0 aromatic carbocycles. The van der Waals surface area contributed by atoms with Gasteiger partial charge in [0.25, 0.3) is 0 Å². The molecule has 9 heteroatoms. The van der Waals surface area contributed by atoms with Crippen molar-refractivity contribution in [1.29, 1.82) is 0 Å². The number of aromatic nitrogens is 5. The first kappa shape index (κ1) is 14.4. The predicted octanol–water partition coefficient (Wildman–Crippen LogP) is 1.18. The molecular weight excluding hydrogens is 304 g/mol. The van der Waals surface area contributed by atoms with Crippen molar-refractivity contribution in [2.75, 3.05) is 26.1 Å². The topological polar surface area (TPSA) is 86.0 Å². The lowest BCUT2D eigenvalue weighted by Crippen LogP contribution is -2.11. The highest BCUT2D eigenvalue weighted by Crippen LogP contribution is 2.22. The summed E-state index contributed by atoms with van der Waals surface area (Å²) in [5.41, 5.74) is 2.21. The van der Waals surface area contributed by atoms with Gasteiger partial charge in [0.05, 0.1) is 20.0 Å². The second kappa shape index (κ2) is 5.68. The Kier molecular flexibility index (Phi) is 3.72. The third kappa shape index (κ3) is 2.39. The zero-order chi connectivity index (χ0) is 15.7. The molecule has 0 atom stereocenters. The first-order chi connectivity index (χ1) is 10.6. The Bertz CT molecular complexity index is 825. The Balaban J connectivity index is 2.01. The molecule has 22 heavy (non-hydrogen) atoms. The number of rotatable bonds is 4. The van der Waals surface area contributed by atoms with Crippen LogP contribution in [0.2, 0.25) is 0 Å². The highest BCUT2D eigenvalue weighted by molar-refractivity contribution is 7.08. The number of anilines is 1. The third-order valence-electron chi connectivity index (χ3n) is 3.16. The highest BCUT2D eigenvalue weighted by atomic mass is 32.1. The van der Waals surface area contributed by atoms with Crippen LogP contribution in [0.25, 0.3) is 11.2 Å². The van der Waals surface area contributed by atoms with Crippen LogP contribution in [0.5, 0.6) is 0 Å². The average Bonchev–Trinajstić information content (AvgIpc) is 3.14. The Labute approximate surface area is 130 Å². The quantitative estimate of drug-likeness (QED) is 0.668. The molecule has 0 aliphatic carbocycles. The molecule has 0 amide bonds. The van der Waals surface area contributed by atoms with E-state index in [1.807, 2.05) is 23.6 Å². The van der Waals surface area contributed by atoms with Crippen LogP contribution in [-0.4, -0.2) is 51.1 Å². The van der Waals surface area contributed by atoms with Crippen molar-refractivity contribution < 1.29 is 9.53 Å². The molecule has 114 valence electrons. The Hall–Kier alpha value is -2.55. The van der Waals surface area contributed by atoms with Gasteiger partial charge in [0.2, 0.25) is 0 Å². The van der Waals surface area contributed by atoms with Crippen molar-refractivity contribution in [3.8, 4) is 0 Å². The molecule has 3 aromatic heterocycles. The highest BCUT2D eigenvalue weighted by Gasteiger charge is 2.17. The van der Waals surface area contributed by atoms with Gasteiger partial charge >= 0.3 is 5.97 Å². The van der Waals surface area contributed by atoms with Crippen molar-refractivity contribution >= 4 is 34.5 Å². The molecule has 0 unspecified atom stereocenters. The van der Waals surface area contributed by atoms with E-state index >= 15 is 0 Å². The van der Waals surface area contributed by atoms with Gasteiger partial charge < -0.3 is 14.2 Å². The summed E-state index contributed by atoms with van der Waals surface area (Å²) in [4.78, 5) is 27.0. The monoisotopic (exact) mass is 318 g/mol. The number of esters is 1. The van der Waals surface area contributed by atoms with Crippen molar-refractivity contribution in [3.05, 3.63) is 29.3 Å². The molecule has 8 nitrogen and oxygen atoms in total. The fraction of sp³-hybridized carbons (Fsp3) is 0.308. The van der Waals surface area contributed by atoms with Gasteiger partial charge in [0, 0.05) is 25.9 Å². The molecule has 0 aliphatic heterocycles. The number of ether oxygens (including phenoxy) is 1. The maximum absolute atomic E-state index is 11.7. The van der Waals surface area contributed by atoms with Crippen LogP contribution in [0, 0.1) is 0 Å². The number of fused-ring (bicyclic) bond motifs is 1. The van der Waals surface area contributed by atoms with E-state index in [1.165, 1.54) is 13.4 Å². The maximum atomic E-state index is 11.7. The van der Waals surface area contributed by atoms with Crippen LogP contribution in [0.3, 0.4) is 0 Å². The van der Waals surface area contributed by atoms with Gasteiger partial charge in [-0.25, -0.2) is 19.7 Å². The molecule has 0 saturated carbocycles. The fourth-order valence-electron chi connectivity index (χ4n) is 2.13. The van der Waals surface area contributed by atoms with Gasteiger partial charge in [-0.3, -0.25) is 0 Å². The lowest BCUT2D eigenvalue weighted by atomic mass is 10.2. The molecule has 0 N–H and O–H groups in total. The van der Waals surface area contributed by atoms with E-state index < -0.39 is 0 Å². The maximum Gasteiger partial charge on any atom is 0.350 e. The third-order valence-corrected chi connectivity index (χ3v) is 3.98. The van der Waals surface area contributed by atoms with Crippen molar-refractivity contribution in [3.63, 3.8) is 0 Å². The second-order valence-corrected chi connectivity index (χ2v) is 5.61. The summed E-state index contributed by atoms with van der Waals surface area (Å²) in [6.45, 7) is 0.446. The number of carbonyl (C=O) groups excluding carboxylic acids is 1. The van der Waals surface area contributed by atoms with Crippen LogP contribution in [0.4, 0.5) is 5.82 Å². The number of methoxy groups -OCH3 is 1. The van der Waals surface area contributed by atoms with Gasteiger partial charge in [-0.1, -0.05) is 0 Å². The van der Waals surface area contributed by atoms with E-state index in [4.69, 9.17) is 4.74 Å². The van der Waals surface area contributed by atoms with E-state index in [1.54, 1.807) is 12.5 Å². The summed E-state index contributed by atoms with van der Waals surface area (Å²) in [6, 6.07) is 0. The van der Waals surface area contributed by atoms with Crippen molar-refractivity contribution in [2.45, 2.75) is 6.54 Å². The standard InChI is InChI=1S/C13H14N6O2S/c1-18(2)11-9-12(15-6-14-11)19(7-16-9)5-8-4-17-22-10(8)13(20)21-3/h4,6-7H,5H2,1-3H3. The molecule has 0 fully saturated rings. The molecular formula is C13H14N6O2S. The van der Waals surface area contributed by atoms with E-state index in [0.717, 1.165) is 28.4 Å². The van der Waals surface area contributed by atoms with E-state index in [-0.39, 0.29) is 5.97 Å². The Morgan fingerprint density at radius 3 is 2.91 bits per heavy atom. The Morgan fingerprint density at radius 2 is 2.18 bits per heavy atom. The summed E-state index contributed by atoms with van der Waals surface area (Å²) in [7, 11) is 5.16. The first-order valence-corrected chi connectivity index (χ1v) is 7.24. The summed E-state index contributed by atoms with van der Waals surface area (Å²) in [5, 5.41) is 0. The van der Waals surface area contributed by atoms with E-state index in [0.29, 0.717) is 17.1 Å². The molecule has 0 saturated heterocycles. The summed E-state index contributed by atoms with van der Waals surface area (Å²) >= 11 is 1.12. The minimum absolute atomic E-state index is 0.384. The normalized spacial score (nSPS) is 10.9. The molecule has 0 radical (unpaired) electrons. The number of carbonyl (C=O) groups is 1. The van der Waals surface area contributed by atoms with E-state index in [2.05, 4.69) is 19.3 Å². The molecule has 3 aromatic rings. The number of hydrogen-bond acceptors (Lipinski definition) is 8. The van der Waals surface area contributed by atoms with Crippen LogP contribution < -0.4 is 4.90 Å². The number of nitrogens with zero attached hydrogens (tertiary/aromatic N) is 6. The molecule has 0 spiro atoms. The lowest BCUT2D eigenvalue weighted by Gasteiger charge is -2.10. The summed E-state index contributed by atoms with van der Waals surface area (Å²) in [5.74, 6) is 0.367. The molecule has 0 aliphatic rings. The lowest BCUT2D eigenvalue weighted by molar-refractivity contribution is 0.0605. The minimum atomic E-state index is -0.384.